The average Bonchev–Trinajstić information content (AvgIpc) is 3.28. The zero-order chi connectivity index (χ0) is 26.3. The molecule has 1 aliphatic heterocycles. The fourth-order valence-corrected chi connectivity index (χ4v) is 5.18. The summed E-state index contributed by atoms with van der Waals surface area (Å²) in [7, 11) is 0. The summed E-state index contributed by atoms with van der Waals surface area (Å²) in [5.74, 6) is -1.43. The molecule has 38 heavy (non-hydrogen) atoms. The van der Waals surface area contributed by atoms with Gasteiger partial charge in [0, 0.05) is 35.7 Å². The highest BCUT2D eigenvalue weighted by atomic mass is 16.7. The van der Waals surface area contributed by atoms with Gasteiger partial charge in [-0.1, -0.05) is 12.1 Å². The summed E-state index contributed by atoms with van der Waals surface area (Å²) in [6.45, 7) is 1.14. The number of nitriles is 1. The number of ether oxygens (including phenoxy) is 2. The second-order valence-corrected chi connectivity index (χ2v) is 9.71. The molecule has 194 valence electrons. The minimum atomic E-state index is -0.794. The largest absolute Gasteiger partial charge is 0.364 e. The van der Waals surface area contributed by atoms with Gasteiger partial charge in [-0.3, -0.25) is 14.3 Å². The highest BCUT2D eigenvalue weighted by Gasteiger charge is 2.49. The molecule has 0 bridgehead atoms. The van der Waals surface area contributed by atoms with E-state index in [4.69, 9.17) is 15.2 Å². The zero-order valence-electron chi connectivity index (χ0n) is 20.5. The fraction of sp³-hybridized carbons (Fsp3) is 0.385. The third kappa shape index (κ3) is 4.36. The Bertz CT molecular complexity index is 1450. The van der Waals surface area contributed by atoms with Crippen LogP contribution in [0.25, 0.3) is 11.1 Å². The molecule has 3 heterocycles. The molecule has 12 heteroatoms. The molecule has 2 aliphatic carbocycles. The molecule has 1 saturated heterocycles. The van der Waals surface area contributed by atoms with Crippen LogP contribution in [-0.4, -0.2) is 50.8 Å². The van der Waals surface area contributed by atoms with Crippen molar-refractivity contribution >= 4 is 29.0 Å². The first-order valence-corrected chi connectivity index (χ1v) is 12.6. The highest BCUT2D eigenvalue weighted by Crippen LogP contribution is 2.45. The van der Waals surface area contributed by atoms with Crippen LogP contribution in [0, 0.1) is 17.2 Å². The molecular formula is C26H26N8O4. The van der Waals surface area contributed by atoms with Crippen LogP contribution in [0.3, 0.4) is 0 Å². The molecule has 0 radical (unpaired) electrons. The lowest BCUT2D eigenvalue weighted by atomic mass is 10.0. The number of nitrogens with one attached hydrogen (secondary N) is 2. The van der Waals surface area contributed by atoms with Crippen molar-refractivity contribution in [3.63, 3.8) is 0 Å². The molecule has 3 aromatic rings. The molecule has 2 saturated carbocycles. The summed E-state index contributed by atoms with van der Waals surface area (Å²) in [6.07, 6.45) is 7.97. The summed E-state index contributed by atoms with van der Waals surface area (Å²) in [5.41, 5.74) is 7.83. The Morgan fingerprint density at radius 3 is 2.71 bits per heavy atom. The van der Waals surface area contributed by atoms with Crippen LogP contribution >= 0.6 is 0 Å². The van der Waals surface area contributed by atoms with E-state index in [2.05, 4.69) is 32.0 Å². The molecule has 1 aromatic carbocycles. The first kappa shape index (κ1) is 24.0. The van der Waals surface area contributed by atoms with E-state index >= 15 is 0 Å². The van der Waals surface area contributed by atoms with Gasteiger partial charge in [0.15, 0.2) is 17.3 Å². The second kappa shape index (κ2) is 9.51. The van der Waals surface area contributed by atoms with E-state index in [0.717, 1.165) is 37.7 Å². The van der Waals surface area contributed by atoms with Gasteiger partial charge < -0.3 is 25.8 Å². The summed E-state index contributed by atoms with van der Waals surface area (Å²) in [4.78, 5) is 24.2. The Labute approximate surface area is 218 Å². The van der Waals surface area contributed by atoms with Gasteiger partial charge in [-0.15, -0.1) is 10.2 Å². The van der Waals surface area contributed by atoms with Gasteiger partial charge in [-0.05, 0) is 31.7 Å². The lowest BCUT2D eigenvalue weighted by molar-refractivity contribution is -0.177. The normalized spacial score (nSPS) is 19.8. The molecule has 12 nitrogen and oxygen atoms in total. The number of amides is 2. The van der Waals surface area contributed by atoms with E-state index in [-0.39, 0.29) is 35.1 Å². The smallest absolute Gasteiger partial charge is 0.271 e. The fourth-order valence-electron chi connectivity index (χ4n) is 5.18. The molecule has 1 atom stereocenters. The summed E-state index contributed by atoms with van der Waals surface area (Å²) >= 11 is 0. The van der Waals surface area contributed by atoms with Crippen molar-refractivity contribution in [2.45, 2.75) is 43.9 Å². The standard InChI is InChI=1S/C26H26N8O4/c27-12-18-17(16-13-29-34(14-16)21-5-2-8-26(21)37-9-10-38-26)3-1-4-19(18)30-20-11-22(31-25(36)15-6-7-15)32-33-23(20)24(28)35/h1,3-4,11,13-15,21H,2,5-10H2,(H2,28,35)(H2,30,31,32,36)/t21-/m1/s1. The molecule has 6 rings (SSSR count). The molecule has 4 N–H and O–H groups in total. The zero-order valence-corrected chi connectivity index (χ0v) is 20.5. The van der Waals surface area contributed by atoms with E-state index in [9.17, 15) is 14.9 Å². The maximum Gasteiger partial charge on any atom is 0.271 e. The number of nitrogens with zero attached hydrogens (tertiary/aromatic N) is 5. The maximum absolute atomic E-state index is 12.2. The predicted molar refractivity (Wildman–Crippen MR) is 135 cm³/mol. The Kier molecular flexibility index (Phi) is 6.01. The quantitative estimate of drug-likeness (QED) is 0.429. The first-order chi connectivity index (χ1) is 18.5. The first-order valence-electron chi connectivity index (χ1n) is 12.6. The number of nitrogens with two attached hydrogens (primary N) is 1. The van der Waals surface area contributed by atoms with Crippen LogP contribution in [0.15, 0.2) is 36.7 Å². The lowest BCUT2D eigenvalue weighted by Gasteiger charge is -2.29. The highest BCUT2D eigenvalue weighted by molar-refractivity contribution is 5.99. The monoisotopic (exact) mass is 514 g/mol. The maximum atomic E-state index is 12.2. The van der Waals surface area contributed by atoms with Crippen molar-refractivity contribution in [2.24, 2.45) is 11.7 Å². The molecule has 1 spiro atoms. The molecule has 0 unspecified atom stereocenters. The van der Waals surface area contributed by atoms with Crippen molar-refractivity contribution in [3.05, 3.63) is 47.9 Å². The number of primary amides is 1. The van der Waals surface area contributed by atoms with Gasteiger partial charge in [0.05, 0.1) is 36.3 Å². The van der Waals surface area contributed by atoms with E-state index in [1.54, 1.807) is 18.3 Å². The summed E-state index contributed by atoms with van der Waals surface area (Å²) < 4.78 is 13.8. The number of anilines is 3. The average molecular weight is 515 g/mol. The van der Waals surface area contributed by atoms with Crippen LogP contribution in [0.5, 0.6) is 0 Å². The van der Waals surface area contributed by atoms with Crippen LogP contribution in [0.2, 0.25) is 0 Å². The Morgan fingerprint density at radius 2 is 1.97 bits per heavy atom. The molecule has 3 fully saturated rings. The van der Waals surface area contributed by atoms with Crippen molar-refractivity contribution < 1.29 is 19.1 Å². The Hall–Kier alpha value is -4.34. The topological polar surface area (TPSA) is 170 Å². The van der Waals surface area contributed by atoms with Crippen LogP contribution in [0.1, 0.15) is 54.2 Å². The van der Waals surface area contributed by atoms with Crippen LogP contribution in [0.4, 0.5) is 17.2 Å². The van der Waals surface area contributed by atoms with E-state index in [0.29, 0.717) is 30.0 Å². The Balaban J connectivity index is 1.31. The van der Waals surface area contributed by atoms with Gasteiger partial charge in [-0.25, -0.2) is 0 Å². The van der Waals surface area contributed by atoms with Crippen molar-refractivity contribution in [1.82, 2.24) is 20.0 Å². The van der Waals surface area contributed by atoms with Crippen molar-refractivity contribution in [1.29, 1.82) is 5.26 Å². The third-order valence-corrected chi connectivity index (χ3v) is 7.19. The van der Waals surface area contributed by atoms with E-state index in [1.807, 2.05) is 16.9 Å². The second-order valence-electron chi connectivity index (χ2n) is 9.71. The number of benzene rings is 1. The van der Waals surface area contributed by atoms with Crippen LogP contribution in [-0.2, 0) is 14.3 Å². The number of hydrogen-bond acceptors (Lipinski definition) is 9. The van der Waals surface area contributed by atoms with Gasteiger partial charge in [0.2, 0.25) is 5.91 Å². The van der Waals surface area contributed by atoms with Gasteiger partial charge >= 0.3 is 0 Å². The van der Waals surface area contributed by atoms with Crippen LogP contribution < -0.4 is 16.4 Å². The predicted octanol–water partition coefficient (Wildman–Crippen LogP) is 2.87. The molecular weight excluding hydrogens is 488 g/mol. The summed E-state index contributed by atoms with van der Waals surface area (Å²) in [5, 5.41) is 28.3. The Morgan fingerprint density at radius 1 is 1.16 bits per heavy atom. The van der Waals surface area contributed by atoms with Gasteiger partial charge in [0.1, 0.15) is 12.1 Å². The number of carbonyl (C=O) groups excluding carboxylic acids is 2. The molecule has 2 aromatic heterocycles. The van der Waals surface area contributed by atoms with Gasteiger partial charge in [0.25, 0.3) is 5.91 Å². The minimum absolute atomic E-state index is 0.0299. The summed E-state index contributed by atoms with van der Waals surface area (Å²) in [6, 6.07) is 9.04. The number of carbonyl (C=O) groups is 2. The number of hydrogen-bond donors (Lipinski definition) is 3. The van der Waals surface area contributed by atoms with Gasteiger partial charge in [-0.2, -0.15) is 10.4 Å². The van der Waals surface area contributed by atoms with E-state index in [1.165, 1.54) is 6.07 Å². The number of rotatable bonds is 7. The number of aromatic nitrogens is 4. The molecule has 2 amide bonds. The third-order valence-electron chi connectivity index (χ3n) is 7.19. The molecule has 3 aliphatic rings. The lowest BCUT2D eigenvalue weighted by Crippen LogP contribution is -2.36. The van der Waals surface area contributed by atoms with E-state index < -0.39 is 11.7 Å². The van der Waals surface area contributed by atoms with Crippen molar-refractivity contribution in [3.8, 4) is 17.2 Å². The van der Waals surface area contributed by atoms with Crippen molar-refractivity contribution in [2.75, 3.05) is 23.8 Å². The minimum Gasteiger partial charge on any atom is -0.364 e. The SMILES string of the molecule is N#Cc1c(Nc2cc(NC(=O)C3CC3)nnc2C(N)=O)cccc1-c1cnn([C@@H]2CCCC23OCCO3)c1.